The van der Waals surface area contributed by atoms with Gasteiger partial charge in [0.05, 0.1) is 5.69 Å². The van der Waals surface area contributed by atoms with Crippen LogP contribution in [-0.4, -0.2) is 50.7 Å². The average molecular weight is 323 g/mol. The summed E-state index contributed by atoms with van der Waals surface area (Å²) in [5, 5.41) is 0. The molecule has 0 bridgehead atoms. The molecule has 1 N–H and O–H groups in total. The van der Waals surface area contributed by atoms with Gasteiger partial charge in [-0.05, 0) is 6.07 Å². The third kappa shape index (κ3) is 2.85. The average Bonchev–Trinajstić information content (AvgIpc) is 3.17. The summed E-state index contributed by atoms with van der Waals surface area (Å²) >= 11 is 0. The molecule has 3 aromatic heterocycles. The van der Waals surface area contributed by atoms with Crippen molar-refractivity contribution in [1.29, 1.82) is 0 Å². The largest absolute Gasteiger partial charge is 0.367 e. The van der Waals surface area contributed by atoms with E-state index in [1.54, 1.807) is 31.1 Å². The third-order valence-electron chi connectivity index (χ3n) is 4.14. The minimum atomic E-state index is -0.0783. The van der Waals surface area contributed by atoms with Crippen LogP contribution in [-0.2, 0) is 0 Å². The second-order valence-corrected chi connectivity index (χ2v) is 5.59. The van der Waals surface area contributed by atoms with E-state index in [2.05, 4.69) is 29.7 Å². The second-order valence-electron chi connectivity index (χ2n) is 5.59. The van der Waals surface area contributed by atoms with Crippen LogP contribution in [0.1, 0.15) is 0 Å². The lowest BCUT2D eigenvalue weighted by Gasteiger charge is -2.36. The Morgan fingerprint density at radius 3 is 2.50 bits per heavy atom. The Morgan fingerprint density at radius 1 is 1.00 bits per heavy atom. The van der Waals surface area contributed by atoms with Crippen LogP contribution in [0, 0.1) is 0 Å². The second kappa shape index (κ2) is 6.15. The molecule has 0 amide bonds. The molecule has 4 heterocycles. The standard InChI is InChI=1S/C16H17N7O/c24-16-2-1-13(10-18-16)21-5-7-22(8-6-21)14-9-15(20-11-19-14)23-4-3-17-12-23/h1-4,9-12H,5-8H2,(H,18,24). The number of pyridine rings is 1. The monoisotopic (exact) mass is 323 g/mol. The van der Waals surface area contributed by atoms with E-state index < -0.39 is 0 Å². The van der Waals surface area contributed by atoms with Crippen molar-refractivity contribution in [3.8, 4) is 5.82 Å². The van der Waals surface area contributed by atoms with Crippen molar-refractivity contribution in [2.45, 2.75) is 0 Å². The molecule has 1 saturated heterocycles. The van der Waals surface area contributed by atoms with E-state index in [9.17, 15) is 4.79 Å². The Labute approximate surface area is 138 Å². The van der Waals surface area contributed by atoms with Gasteiger partial charge in [-0.1, -0.05) is 0 Å². The number of hydrogen-bond donors (Lipinski definition) is 1. The van der Waals surface area contributed by atoms with Crippen LogP contribution >= 0.6 is 0 Å². The zero-order valence-electron chi connectivity index (χ0n) is 13.0. The van der Waals surface area contributed by atoms with Crippen molar-refractivity contribution >= 4 is 11.5 Å². The Morgan fingerprint density at radius 2 is 1.79 bits per heavy atom. The van der Waals surface area contributed by atoms with E-state index in [4.69, 9.17) is 0 Å². The molecule has 3 aromatic rings. The van der Waals surface area contributed by atoms with E-state index >= 15 is 0 Å². The Kier molecular flexibility index (Phi) is 3.70. The topological polar surface area (TPSA) is 82.9 Å². The molecule has 0 spiro atoms. The van der Waals surface area contributed by atoms with E-state index in [-0.39, 0.29) is 5.56 Å². The summed E-state index contributed by atoms with van der Waals surface area (Å²) in [6.07, 6.45) is 8.66. The Hall–Kier alpha value is -3.16. The first-order valence-electron chi connectivity index (χ1n) is 7.78. The summed E-state index contributed by atoms with van der Waals surface area (Å²) in [5.74, 6) is 1.72. The summed E-state index contributed by atoms with van der Waals surface area (Å²) in [4.78, 5) is 31.1. The van der Waals surface area contributed by atoms with Crippen LogP contribution in [0.5, 0.6) is 0 Å². The number of anilines is 2. The van der Waals surface area contributed by atoms with Crippen LogP contribution in [0.3, 0.4) is 0 Å². The predicted octanol–water partition coefficient (Wildman–Crippen LogP) is 0.677. The third-order valence-corrected chi connectivity index (χ3v) is 4.14. The van der Waals surface area contributed by atoms with Crippen molar-refractivity contribution < 1.29 is 0 Å². The van der Waals surface area contributed by atoms with Gasteiger partial charge >= 0.3 is 0 Å². The van der Waals surface area contributed by atoms with Crippen LogP contribution in [0.2, 0.25) is 0 Å². The number of rotatable bonds is 3. The van der Waals surface area contributed by atoms with Gasteiger partial charge in [-0.2, -0.15) is 0 Å². The lowest BCUT2D eigenvalue weighted by atomic mass is 10.2. The van der Waals surface area contributed by atoms with Gasteiger partial charge in [-0.15, -0.1) is 0 Å². The summed E-state index contributed by atoms with van der Waals surface area (Å²) in [5.41, 5.74) is 0.960. The fraction of sp³-hybridized carbons (Fsp3) is 0.250. The van der Waals surface area contributed by atoms with E-state index in [0.29, 0.717) is 0 Å². The molecule has 24 heavy (non-hydrogen) atoms. The molecule has 1 aliphatic heterocycles. The number of H-pyrrole nitrogens is 1. The number of imidazole rings is 1. The number of aromatic nitrogens is 5. The number of nitrogens with zero attached hydrogens (tertiary/aromatic N) is 6. The van der Waals surface area contributed by atoms with Crippen molar-refractivity contribution in [2.24, 2.45) is 0 Å². The maximum Gasteiger partial charge on any atom is 0.248 e. The SMILES string of the molecule is O=c1ccc(N2CCN(c3cc(-n4ccnc4)ncn3)CC2)c[nH]1. The predicted molar refractivity (Wildman–Crippen MR) is 90.6 cm³/mol. The molecular formula is C16H17N7O. The van der Waals surface area contributed by atoms with E-state index in [1.165, 1.54) is 0 Å². The van der Waals surface area contributed by atoms with Crippen LogP contribution in [0.4, 0.5) is 11.5 Å². The summed E-state index contributed by atoms with van der Waals surface area (Å²) in [7, 11) is 0. The van der Waals surface area contributed by atoms with Gasteiger partial charge < -0.3 is 14.8 Å². The van der Waals surface area contributed by atoms with Gasteiger partial charge in [-0.25, -0.2) is 15.0 Å². The van der Waals surface area contributed by atoms with E-state index in [1.807, 2.05) is 22.9 Å². The van der Waals surface area contributed by atoms with Crippen molar-refractivity contribution in [1.82, 2.24) is 24.5 Å². The normalized spacial score (nSPS) is 14.8. The molecule has 0 aliphatic carbocycles. The molecule has 122 valence electrons. The quantitative estimate of drug-likeness (QED) is 0.763. The molecular weight excluding hydrogens is 306 g/mol. The van der Waals surface area contributed by atoms with Crippen LogP contribution in [0.15, 0.2) is 54.2 Å². The van der Waals surface area contributed by atoms with Gasteiger partial charge in [0.25, 0.3) is 0 Å². The lowest BCUT2D eigenvalue weighted by Crippen LogP contribution is -2.47. The van der Waals surface area contributed by atoms with Gasteiger partial charge in [0.1, 0.15) is 24.3 Å². The van der Waals surface area contributed by atoms with Crippen LogP contribution < -0.4 is 15.4 Å². The number of aromatic amines is 1. The molecule has 0 atom stereocenters. The molecule has 0 aromatic carbocycles. The zero-order valence-corrected chi connectivity index (χ0v) is 13.0. The molecule has 1 aliphatic rings. The number of piperazine rings is 1. The first-order valence-corrected chi connectivity index (χ1v) is 7.78. The first-order chi connectivity index (χ1) is 11.8. The highest BCUT2D eigenvalue weighted by Gasteiger charge is 2.19. The van der Waals surface area contributed by atoms with Gasteiger partial charge in [-0.3, -0.25) is 9.36 Å². The first kappa shape index (κ1) is 14.4. The van der Waals surface area contributed by atoms with Crippen molar-refractivity contribution in [3.63, 3.8) is 0 Å². The molecule has 1 fully saturated rings. The molecule has 0 radical (unpaired) electrons. The van der Waals surface area contributed by atoms with Crippen LogP contribution in [0.25, 0.3) is 5.82 Å². The summed E-state index contributed by atoms with van der Waals surface area (Å²) < 4.78 is 1.86. The molecule has 4 rings (SSSR count). The highest BCUT2D eigenvalue weighted by atomic mass is 16.1. The molecule has 0 unspecified atom stereocenters. The zero-order chi connectivity index (χ0) is 16.4. The van der Waals surface area contributed by atoms with Crippen molar-refractivity contribution in [3.05, 3.63) is 59.8 Å². The fourth-order valence-electron chi connectivity index (χ4n) is 2.84. The highest BCUT2D eigenvalue weighted by Crippen LogP contribution is 2.19. The van der Waals surface area contributed by atoms with Gasteiger partial charge in [0, 0.05) is 56.9 Å². The molecule has 0 saturated carbocycles. The smallest absolute Gasteiger partial charge is 0.248 e. The lowest BCUT2D eigenvalue weighted by molar-refractivity contribution is 0.645. The van der Waals surface area contributed by atoms with E-state index in [0.717, 1.165) is 43.5 Å². The maximum atomic E-state index is 11.2. The summed E-state index contributed by atoms with van der Waals surface area (Å²) in [6.45, 7) is 3.46. The fourth-order valence-corrected chi connectivity index (χ4v) is 2.84. The maximum absolute atomic E-state index is 11.2. The summed E-state index contributed by atoms with van der Waals surface area (Å²) in [6, 6.07) is 5.39. The van der Waals surface area contributed by atoms with Crippen molar-refractivity contribution in [2.75, 3.05) is 36.0 Å². The van der Waals surface area contributed by atoms with Gasteiger partial charge in [0.15, 0.2) is 0 Å². The molecule has 8 heteroatoms. The van der Waals surface area contributed by atoms with Gasteiger partial charge in [0.2, 0.25) is 5.56 Å². The molecule has 8 nitrogen and oxygen atoms in total. The number of hydrogen-bond acceptors (Lipinski definition) is 6. The minimum absolute atomic E-state index is 0.0783. The highest BCUT2D eigenvalue weighted by molar-refractivity contribution is 5.49. The Bertz CT molecular complexity index is 846. The Balaban J connectivity index is 1.47. The minimum Gasteiger partial charge on any atom is -0.367 e. The number of nitrogens with one attached hydrogen (secondary N) is 1.